The van der Waals surface area contributed by atoms with Gasteiger partial charge in [0.15, 0.2) is 0 Å². The van der Waals surface area contributed by atoms with Crippen LogP contribution in [0.3, 0.4) is 0 Å². The van der Waals surface area contributed by atoms with Crippen LogP contribution in [0.25, 0.3) is 0 Å². The Morgan fingerprint density at radius 2 is 2.18 bits per heavy atom. The summed E-state index contributed by atoms with van der Waals surface area (Å²) in [6, 6.07) is 5.84. The largest absolute Gasteiger partial charge is 0.496 e. The Morgan fingerprint density at radius 3 is 2.82 bits per heavy atom. The van der Waals surface area contributed by atoms with E-state index in [1.54, 1.807) is 14.2 Å². The molecule has 1 atom stereocenters. The third-order valence-electron chi connectivity index (χ3n) is 2.30. The zero-order valence-electron chi connectivity index (χ0n) is 10.1. The van der Waals surface area contributed by atoms with E-state index in [0.29, 0.717) is 19.7 Å². The molecule has 0 saturated heterocycles. The Labute approximate surface area is 110 Å². The lowest BCUT2D eigenvalue weighted by atomic mass is 10.2. The van der Waals surface area contributed by atoms with Gasteiger partial charge in [-0.25, -0.2) is 0 Å². The minimum Gasteiger partial charge on any atom is -0.496 e. The molecular weight excluding hydrogens is 286 g/mol. The van der Waals surface area contributed by atoms with Crippen LogP contribution in [0.5, 0.6) is 5.75 Å². The molecule has 0 spiro atoms. The van der Waals surface area contributed by atoms with E-state index in [2.05, 4.69) is 21.2 Å². The topological polar surface area (TPSA) is 50.7 Å². The molecule has 0 radical (unpaired) electrons. The molecule has 2 N–H and O–H groups in total. The maximum atomic E-state index is 9.48. The molecule has 1 rings (SSSR count). The first-order valence-electron chi connectivity index (χ1n) is 5.37. The summed E-state index contributed by atoms with van der Waals surface area (Å²) in [5, 5.41) is 12.6. The molecule has 0 aromatic heterocycles. The van der Waals surface area contributed by atoms with Crippen LogP contribution in [-0.2, 0) is 11.3 Å². The number of hydrogen-bond acceptors (Lipinski definition) is 4. The van der Waals surface area contributed by atoms with Gasteiger partial charge < -0.3 is 19.9 Å². The zero-order valence-corrected chi connectivity index (χ0v) is 11.7. The van der Waals surface area contributed by atoms with Crippen LogP contribution in [0, 0.1) is 0 Å². The fourth-order valence-electron chi connectivity index (χ4n) is 1.51. The molecule has 1 aromatic rings. The van der Waals surface area contributed by atoms with Crippen LogP contribution in [0.4, 0.5) is 0 Å². The summed E-state index contributed by atoms with van der Waals surface area (Å²) in [5.74, 6) is 0.835. The molecule has 17 heavy (non-hydrogen) atoms. The average molecular weight is 304 g/mol. The van der Waals surface area contributed by atoms with Gasteiger partial charge in [-0.3, -0.25) is 0 Å². The molecular formula is C12H18BrNO3. The number of methoxy groups -OCH3 is 2. The van der Waals surface area contributed by atoms with E-state index in [9.17, 15) is 5.11 Å². The number of aliphatic hydroxyl groups is 1. The lowest BCUT2D eigenvalue weighted by Crippen LogP contribution is -2.29. The monoisotopic (exact) mass is 303 g/mol. The molecule has 0 saturated carbocycles. The van der Waals surface area contributed by atoms with Gasteiger partial charge in [-0.2, -0.15) is 0 Å². The molecule has 4 nitrogen and oxygen atoms in total. The van der Waals surface area contributed by atoms with Crippen LogP contribution in [0.1, 0.15) is 5.56 Å². The Kier molecular flexibility index (Phi) is 6.50. The Hall–Kier alpha value is -0.620. The highest BCUT2D eigenvalue weighted by atomic mass is 79.9. The van der Waals surface area contributed by atoms with Crippen LogP contribution < -0.4 is 10.1 Å². The summed E-state index contributed by atoms with van der Waals surface area (Å²) in [6.07, 6.45) is -0.488. The van der Waals surface area contributed by atoms with E-state index < -0.39 is 6.10 Å². The molecule has 0 amide bonds. The second kappa shape index (κ2) is 7.66. The van der Waals surface area contributed by atoms with Gasteiger partial charge in [0.05, 0.1) is 19.8 Å². The predicted octanol–water partition coefficient (Wildman–Crippen LogP) is 1.55. The molecule has 0 aliphatic carbocycles. The van der Waals surface area contributed by atoms with Gasteiger partial charge >= 0.3 is 0 Å². The molecule has 0 heterocycles. The highest BCUT2D eigenvalue weighted by molar-refractivity contribution is 9.10. The predicted molar refractivity (Wildman–Crippen MR) is 70.3 cm³/mol. The van der Waals surface area contributed by atoms with Crippen molar-refractivity contribution in [2.45, 2.75) is 12.6 Å². The lowest BCUT2D eigenvalue weighted by molar-refractivity contribution is 0.0644. The number of benzene rings is 1. The van der Waals surface area contributed by atoms with Crippen LogP contribution in [0.15, 0.2) is 22.7 Å². The van der Waals surface area contributed by atoms with E-state index >= 15 is 0 Å². The van der Waals surface area contributed by atoms with Crippen LogP contribution in [0.2, 0.25) is 0 Å². The van der Waals surface area contributed by atoms with E-state index in [4.69, 9.17) is 9.47 Å². The first-order valence-corrected chi connectivity index (χ1v) is 6.16. The number of hydrogen-bond donors (Lipinski definition) is 2. The van der Waals surface area contributed by atoms with E-state index in [0.717, 1.165) is 15.8 Å². The Bertz CT molecular complexity index is 347. The Balaban J connectivity index is 2.48. The van der Waals surface area contributed by atoms with Crippen molar-refractivity contribution in [2.75, 3.05) is 27.4 Å². The standard InChI is InChI=1S/C12H18BrNO3/c1-16-8-11(15)7-14-6-9-5-10(13)3-4-12(9)17-2/h3-5,11,14-15H,6-8H2,1-2H3. The first kappa shape index (κ1) is 14.4. The number of rotatable bonds is 7. The third-order valence-corrected chi connectivity index (χ3v) is 2.79. The SMILES string of the molecule is COCC(O)CNCc1cc(Br)ccc1OC. The summed E-state index contributed by atoms with van der Waals surface area (Å²) < 4.78 is 11.1. The quantitative estimate of drug-likeness (QED) is 0.802. The molecule has 0 aliphatic heterocycles. The van der Waals surface area contributed by atoms with Gasteiger partial charge in [0.1, 0.15) is 5.75 Å². The van der Waals surface area contributed by atoms with Gasteiger partial charge in [-0.05, 0) is 18.2 Å². The highest BCUT2D eigenvalue weighted by Crippen LogP contribution is 2.22. The number of ether oxygens (including phenoxy) is 2. The van der Waals surface area contributed by atoms with Crippen molar-refractivity contribution in [3.8, 4) is 5.75 Å². The average Bonchev–Trinajstić information content (AvgIpc) is 2.30. The van der Waals surface area contributed by atoms with Crippen molar-refractivity contribution in [3.05, 3.63) is 28.2 Å². The van der Waals surface area contributed by atoms with Gasteiger partial charge in [0.2, 0.25) is 0 Å². The molecule has 1 aromatic carbocycles. The summed E-state index contributed by atoms with van der Waals surface area (Å²) in [5.41, 5.74) is 1.05. The van der Waals surface area contributed by atoms with Crippen LogP contribution >= 0.6 is 15.9 Å². The molecule has 5 heteroatoms. The molecule has 0 aliphatic rings. The van der Waals surface area contributed by atoms with Gasteiger partial charge in [0, 0.05) is 30.2 Å². The summed E-state index contributed by atoms with van der Waals surface area (Å²) in [4.78, 5) is 0. The summed E-state index contributed by atoms with van der Waals surface area (Å²) in [7, 11) is 3.22. The van der Waals surface area contributed by atoms with E-state index in [1.807, 2.05) is 18.2 Å². The van der Waals surface area contributed by atoms with Gasteiger partial charge in [-0.15, -0.1) is 0 Å². The molecule has 0 fully saturated rings. The zero-order chi connectivity index (χ0) is 12.7. The van der Waals surface area contributed by atoms with Gasteiger partial charge in [-0.1, -0.05) is 15.9 Å². The lowest BCUT2D eigenvalue weighted by Gasteiger charge is -2.13. The maximum absolute atomic E-state index is 9.48. The first-order chi connectivity index (χ1) is 8.17. The normalized spacial score (nSPS) is 12.5. The highest BCUT2D eigenvalue weighted by Gasteiger charge is 2.06. The molecule has 96 valence electrons. The molecule has 0 bridgehead atoms. The smallest absolute Gasteiger partial charge is 0.123 e. The number of nitrogens with one attached hydrogen (secondary N) is 1. The number of halogens is 1. The summed E-state index contributed by atoms with van der Waals surface area (Å²) in [6.45, 7) is 1.47. The van der Waals surface area contributed by atoms with E-state index in [1.165, 1.54) is 0 Å². The summed E-state index contributed by atoms with van der Waals surface area (Å²) >= 11 is 3.42. The van der Waals surface area contributed by atoms with Crippen molar-refractivity contribution < 1.29 is 14.6 Å². The minimum absolute atomic E-state index is 0.336. The van der Waals surface area contributed by atoms with Gasteiger partial charge in [0.25, 0.3) is 0 Å². The maximum Gasteiger partial charge on any atom is 0.123 e. The van der Waals surface area contributed by atoms with Crippen molar-refractivity contribution in [1.82, 2.24) is 5.32 Å². The number of aliphatic hydroxyl groups excluding tert-OH is 1. The van der Waals surface area contributed by atoms with Crippen molar-refractivity contribution in [1.29, 1.82) is 0 Å². The second-order valence-electron chi connectivity index (χ2n) is 3.70. The molecule has 1 unspecified atom stereocenters. The van der Waals surface area contributed by atoms with Crippen LogP contribution in [-0.4, -0.2) is 38.6 Å². The van der Waals surface area contributed by atoms with Crippen molar-refractivity contribution >= 4 is 15.9 Å². The minimum atomic E-state index is -0.488. The second-order valence-corrected chi connectivity index (χ2v) is 4.61. The fraction of sp³-hybridized carbons (Fsp3) is 0.500. The Morgan fingerprint density at radius 1 is 1.41 bits per heavy atom. The van der Waals surface area contributed by atoms with E-state index in [-0.39, 0.29) is 0 Å². The fourth-order valence-corrected chi connectivity index (χ4v) is 1.92. The van der Waals surface area contributed by atoms with Crippen molar-refractivity contribution in [3.63, 3.8) is 0 Å². The third kappa shape index (κ3) is 5.04. The van der Waals surface area contributed by atoms with Crippen molar-refractivity contribution in [2.24, 2.45) is 0 Å².